The van der Waals surface area contributed by atoms with Crippen molar-refractivity contribution in [2.24, 2.45) is 12.5 Å². The van der Waals surface area contributed by atoms with Crippen molar-refractivity contribution in [3.8, 4) is 0 Å². The van der Waals surface area contributed by atoms with E-state index in [0.717, 1.165) is 88.2 Å². The number of hydrogen-bond acceptors (Lipinski definition) is 8. The summed E-state index contributed by atoms with van der Waals surface area (Å²) in [4.78, 5) is 56.9. The van der Waals surface area contributed by atoms with E-state index in [9.17, 15) is 19.2 Å². The van der Waals surface area contributed by atoms with Crippen LogP contribution < -0.4 is 21.1 Å². The molecular formula is C40H51N7O4. The maximum absolute atomic E-state index is 13.6. The number of carbonyl (C=O) groups excluding carboxylic acids is 3. The van der Waals surface area contributed by atoms with Crippen LogP contribution in [0.2, 0.25) is 0 Å². The number of rotatable bonds is 6. The first-order chi connectivity index (χ1) is 24.5. The molecule has 4 aliphatic rings. The predicted octanol–water partition coefficient (Wildman–Crippen LogP) is 4.34. The SMILES string of the molecule is Cc1cc(C2CCC(=O)NC2=O)ccc1N1CCC2(CCN(C(=O)c3ccc([C@H]4C[C@@H](Nc5cnn(C)c(=O)c5C)CN(C)C4)cc3)CC2)CC1. The van der Waals surface area contributed by atoms with Crippen molar-refractivity contribution in [2.75, 3.05) is 56.5 Å². The van der Waals surface area contributed by atoms with Crippen LogP contribution in [0.3, 0.4) is 0 Å². The average molecular weight is 694 g/mol. The molecule has 1 unspecified atom stereocenters. The molecule has 51 heavy (non-hydrogen) atoms. The number of likely N-dealkylation sites (tertiary alicyclic amines) is 2. The van der Waals surface area contributed by atoms with Gasteiger partial charge in [0.15, 0.2) is 0 Å². The molecule has 11 nitrogen and oxygen atoms in total. The van der Waals surface area contributed by atoms with Crippen molar-refractivity contribution >= 4 is 29.1 Å². The zero-order valence-corrected chi connectivity index (χ0v) is 30.4. The summed E-state index contributed by atoms with van der Waals surface area (Å²) in [6.45, 7) is 9.34. The van der Waals surface area contributed by atoms with Gasteiger partial charge in [-0.2, -0.15) is 5.10 Å². The summed E-state index contributed by atoms with van der Waals surface area (Å²) in [5.74, 6) is -0.199. The van der Waals surface area contributed by atoms with Gasteiger partial charge in [-0.3, -0.25) is 24.5 Å². The van der Waals surface area contributed by atoms with E-state index in [1.54, 1.807) is 13.2 Å². The van der Waals surface area contributed by atoms with Gasteiger partial charge in [-0.25, -0.2) is 4.68 Å². The van der Waals surface area contributed by atoms with E-state index in [4.69, 9.17) is 0 Å². The Morgan fingerprint density at radius 1 is 0.902 bits per heavy atom. The molecule has 5 heterocycles. The number of carbonyl (C=O) groups is 3. The molecule has 7 rings (SSSR count). The summed E-state index contributed by atoms with van der Waals surface area (Å²) in [6, 6.07) is 14.8. The second kappa shape index (κ2) is 14.3. The summed E-state index contributed by atoms with van der Waals surface area (Å²) in [6.07, 6.45) is 7.91. The zero-order chi connectivity index (χ0) is 35.9. The van der Waals surface area contributed by atoms with E-state index < -0.39 is 0 Å². The molecule has 2 N–H and O–H groups in total. The van der Waals surface area contributed by atoms with Crippen LogP contribution in [0.25, 0.3) is 0 Å². The number of hydrogen-bond donors (Lipinski definition) is 2. The lowest BCUT2D eigenvalue weighted by Gasteiger charge is -2.47. The Balaban J connectivity index is 0.912. The van der Waals surface area contributed by atoms with Crippen LogP contribution in [-0.4, -0.2) is 89.7 Å². The minimum absolute atomic E-state index is 0.0852. The summed E-state index contributed by atoms with van der Waals surface area (Å²) < 4.78 is 1.36. The second-order valence-corrected chi connectivity index (χ2v) is 15.6. The molecule has 270 valence electrons. The molecule has 2 aromatic carbocycles. The lowest BCUT2D eigenvalue weighted by atomic mass is 9.71. The first-order valence-corrected chi connectivity index (χ1v) is 18.5. The quantitative estimate of drug-likeness (QED) is 0.366. The Hall–Kier alpha value is -4.51. The molecule has 3 aromatic rings. The molecule has 0 saturated carbocycles. The Labute approximate surface area is 300 Å². The van der Waals surface area contributed by atoms with Crippen LogP contribution in [0.1, 0.15) is 89.4 Å². The minimum atomic E-state index is -0.261. The number of aryl methyl sites for hydroxylation is 2. The minimum Gasteiger partial charge on any atom is -0.379 e. The van der Waals surface area contributed by atoms with Crippen molar-refractivity contribution < 1.29 is 14.4 Å². The van der Waals surface area contributed by atoms with Crippen molar-refractivity contribution in [1.29, 1.82) is 0 Å². The normalized spacial score (nSPS) is 24.0. The van der Waals surface area contributed by atoms with E-state index in [1.807, 2.05) is 24.0 Å². The van der Waals surface area contributed by atoms with Gasteiger partial charge in [0.05, 0.1) is 17.8 Å². The Kier molecular flexibility index (Phi) is 9.76. The third-order valence-electron chi connectivity index (χ3n) is 12.1. The van der Waals surface area contributed by atoms with Crippen LogP contribution in [0.4, 0.5) is 11.4 Å². The average Bonchev–Trinajstić information content (AvgIpc) is 3.12. The number of nitrogens with zero attached hydrogens (tertiary/aromatic N) is 5. The van der Waals surface area contributed by atoms with Crippen molar-refractivity contribution in [3.05, 3.63) is 86.8 Å². The number of nitrogens with one attached hydrogen (secondary N) is 2. The van der Waals surface area contributed by atoms with Gasteiger partial charge in [-0.15, -0.1) is 0 Å². The zero-order valence-electron chi connectivity index (χ0n) is 30.4. The highest BCUT2D eigenvalue weighted by atomic mass is 16.2. The number of anilines is 2. The number of imide groups is 1. The molecular weight excluding hydrogens is 642 g/mol. The van der Waals surface area contributed by atoms with Gasteiger partial charge in [0.1, 0.15) is 0 Å². The second-order valence-electron chi connectivity index (χ2n) is 15.6. The molecule has 0 radical (unpaired) electrons. The molecule has 1 spiro atoms. The maximum atomic E-state index is 13.6. The van der Waals surface area contributed by atoms with Crippen LogP contribution in [-0.2, 0) is 16.6 Å². The van der Waals surface area contributed by atoms with Gasteiger partial charge in [0.2, 0.25) is 11.8 Å². The number of likely N-dealkylation sites (N-methyl/N-ethyl adjacent to an activating group) is 1. The monoisotopic (exact) mass is 693 g/mol. The van der Waals surface area contributed by atoms with Crippen LogP contribution in [0.15, 0.2) is 53.5 Å². The van der Waals surface area contributed by atoms with E-state index in [0.29, 0.717) is 24.3 Å². The molecule has 3 amide bonds. The van der Waals surface area contributed by atoms with Crippen molar-refractivity contribution in [2.45, 2.75) is 76.7 Å². The number of aromatic nitrogens is 2. The molecule has 4 saturated heterocycles. The Morgan fingerprint density at radius 3 is 2.27 bits per heavy atom. The lowest BCUT2D eigenvalue weighted by molar-refractivity contribution is -0.134. The smallest absolute Gasteiger partial charge is 0.271 e. The fraction of sp³-hybridized carbons (Fsp3) is 0.525. The van der Waals surface area contributed by atoms with E-state index in [2.05, 4.69) is 69.8 Å². The maximum Gasteiger partial charge on any atom is 0.271 e. The standard InChI is InChI=1S/C40H51N7O4/c1-26-21-30(33-10-12-36(48)43-37(33)49)9-11-35(26)46-17-13-40(14-18-46)15-19-47(20-16-40)39(51)29-7-5-28(6-8-29)31-22-32(25-44(3)24-31)42-34-23-41-45(4)38(50)27(34)2/h5-9,11,21,23,31-33,42H,10,12-20,22,24-25H2,1-4H3,(H,43,48,49)/t31-,32+,33?/m0/s1. The van der Waals surface area contributed by atoms with Gasteiger partial charge >= 0.3 is 0 Å². The van der Waals surface area contributed by atoms with Gasteiger partial charge in [0.25, 0.3) is 11.5 Å². The topological polar surface area (TPSA) is 120 Å². The summed E-state index contributed by atoms with van der Waals surface area (Å²) in [7, 11) is 3.80. The van der Waals surface area contributed by atoms with Crippen molar-refractivity contribution in [1.82, 2.24) is 24.9 Å². The van der Waals surface area contributed by atoms with Crippen molar-refractivity contribution in [3.63, 3.8) is 0 Å². The van der Waals surface area contributed by atoms with Gasteiger partial charge in [-0.05, 0) is 106 Å². The summed E-state index contributed by atoms with van der Waals surface area (Å²) in [5, 5.41) is 10.3. The lowest BCUT2D eigenvalue weighted by Crippen LogP contribution is -2.48. The molecule has 0 aliphatic carbocycles. The first-order valence-electron chi connectivity index (χ1n) is 18.5. The molecule has 11 heteroatoms. The highest BCUT2D eigenvalue weighted by Crippen LogP contribution is 2.43. The van der Waals surface area contributed by atoms with Gasteiger partial charge in [0, 0.05) is 75.6 Å². The predicted molar refractivity (Wildman–Crippen MR) is 198 cm³/mol. The Bertz CT molecular complexity index is 1850. The first kappa shape index (κ1) is 34.9. The molecule has 4 aliphatic heterocycles. The molecule has 3 atom stereocenters. The molecule has 4 fully saturated rings. The molecule has 1 aromatic heterocycles. The highest BCUT2D eigenvalue weighted by Gasteiger charge is 2.39. The van der Waals surface area contributed by atoms with E-state index in [-0.39, 0.29) is 40.7 Å². The van der Waals surface area contributed by atoms with E-state index in [1.165, 1.54) is 21.5 Å². The fourth-order valence-corrected chi connectivity index (χ4v) is 8.93. The van der Waals surface area contributed by atoms with Gasteiger partial charge in [-0.1, -0.05) is 24.3 Å². The Morgan fingerprint density at radius 2 is 1.59 bits per heavy atom. The molecule has 0 bridgehead atoms. The summed E-state index contributed by atoms with van der Waals surface area (Å²) >= 11 is 0. The number of amides is 3. The highest BCUT2D eigenvalue weighted by molar-refractivity contribution is 6.01. The van der Waals surface area contributed by atoms with Crippen LogP contribution in [0.5, 0.6) is 0 Å². The van der Waals surface area contributed by atoms with E-state index >= 15 is 0 Å². The summed E-state index contributed by atoms with van der Waals surface area (Å²) in [5.41, 5.74) is 7.01. The van der Waals surface area contributed by atoms with Gasteiger partial charge < -0.3 is 20.0 Å². The third-order valence-corrected chi connectivity index (χ3v) is 12.1. The van der Waals surface area contributed by atoms with Crippen LogP contribution >= 0.6 is 0 Å². The number of piperidine rings is 4. The largest absolute Gasteiger partial charge is 0.379 e. The third kappa shape index (κ3) is 7.31. The number of benzene rings is 2. The fourth-order valence-electron chi connectivity index (χ4n) is 8.93. The van der Waals surface area contributed by atoms with Crippen LogP contribution in [0, 0.1) is 19.3 Å².